The molecule has 0 fully saturated rings. The van der Waals surface area contributed by atoms with Crippen LogP contribution < -0.4 is 10.6 Å². The number of nitrogens with zero attached hydrogens (tertiary/aromatic N) is 4. The maximum atomic E-state index is 12.5. The zero-order chi connectivity index (χ0) is 22.7. The van der Waals surface area contributed by atoms with Gasteiger partial charge in [-0.25, -0.2) is 4.98 Å². The minimum Gasteiger partial charge on any atom is -0.326 e. The summed E-state index contributed by atoms with van der Waals surface area (Å²) in [5, 5.41) is 14.8. The molecule has 8 nitrogen and oxygen atoms in total. The molecule has 0 saturated heterocycles. The highest BCUT2D eigenvalue weighted by molar-refractivity contribution is 8.00. The summed E-state index contributed by atoms with van der Waals surface area (Å²) in [6.45, 7) is 9.72. The Morgan fingerprint density at radius 3 is 2.52 bits per heavy atom. The Morgan fingerprint density at radius 2 is 1.87 bits per heavy atom. The van der Waals surface area contributed by atoms with E-state index in [1.54, 1.807) is 18.5 Å². The van der Waals surface area contributed by atoms with Gasteiger partial charge in [-0.1, -0.05) is 17.8 Å². The number of anilines is 2. The van der Waals surface area contributed by atoms with Crippen molar-refractivity contribution in [2.45, 2.75) is 51.4 Å². The molecule has 2 N–H and O–H groups in total. The number of aryl methyl sites for hydroxylation is 4. The van der Waals surface area contributed by atoms with E-state index < -0.39 is 5.25 Å². The van der Waals surface area contributed by atoms with E-state index in [2.05, 4.69) is 25.8 Å². The topological polar surface area (TPSA) is 102 Å². The summed E-state index contributed by atoms with van der Waals surface area (Å²) in [4.78, 5) is 30.3. The Labute approximate surface area is 189 Å². The molecule has 10 heteroatoms. The van der Waals surface area contributed by atoms with Gasteiger partial charge in [-0.3, -0.25) is 9.59 Å². The third-order valence-electron chi connectivity index (χ3n) is 4.94. The van der Waals surface area contributed by atoms with Gasteiger partial charge in [0, 0.05) is 17.6 Å². The molecule has 0 spiro atoms. The molecule has 2 heterocycles. The maximum absolute atomic E-state index is 12.5. The van der Waals surface area contributed by atoms with Crippen LogP contribution >= 0.6 is 23.1 Å². The van der Waals surface area contributed by atoms with E-state index >= 15 is 0 Å². The lowest BCUT2D eigenvalue weighted by atomic mass is 10.1. The zero-order valence-electron chi connectivity index (χ0n) is 18.4. The third kappa shape index (κ3) is 5.71. The highest BCUT2D eigenvalue weighted by Crippen LogP contribution is 2.25. The quantitative estimate of drug-likeness (QED) is 0.522. The van der Waals surface area contributed by atoms with Crippen molar-refractivity contribution >= 4 is 45.7 Å². The molecular weight excluding hydrogens is 432 g/mol. The van der Waals surface area contributed by atoms with E-state index in [4.69, 9.17) is 0 Å². The number of thiazole rings is 1. The molecule has 3 aromatic rings. The first kappa shape index (κ1) is 23.0. The van der Waals surface area contributed by atoms with E-state index in [1.807, 2.05) is 45.9 Å². The molecule has 0 aliphatic carbocycles. The highest BCUT2D eigenvalue weighted by atomic mass is 32.2. The lowest BCUT2D eigenvalue weighted by Gasteiger charge is -2.10. The first-order chi connectivity index (χ1) is 14.6. The third-order valence-corrected chi connectivity index (χ3v) is 7.07. The number of thioether (sulfide) groups is 1. The van der Waals surface area contributed by atoms with Gasteiger partial charge in [0.05, 0.1) is 17.4 Å². The average molecular weight is 459 g/mol. The minimum absolute atomic E-state index is 0.0925. The molecule has 31 heavy (non-hydrogen) atoms. The molecule has 0 aliphatic rings. The molecule has 2 aromatic heterocycles. The van der Waals surface area contributed by atoms with Crippen molar-refractivity contribution in [1.29, 1.82) is 0 Å². The first-order valence-corrected chi connectivity index (χ1v) is 11.5. The second kappa shape index (κ2) is 9.61. The van der Waals surface area contributed by atoms with Gasteiger partial charge < -0.3 is 15.2 Å². The Morgan fingerprint density at radius 1 is 1.13 bits per heavy atom. The summed E-state index contributed by atoms with van der Waals surface area (Å²) in [6, 6.07) is 5.80. The van der Waals surface area contributed by atoms with E-state index in [-0.39, 0.29) is 18.2 Å². The van der Waals surface area contributed by atoms with Crippen LogP contribution in [0.25, 0.3) is 0 Å². The Kier molecular flexibility index (Phi) is 7.11. The number of hydrogen-bond donors (Lipinski definition) is 2. The zero-order valence-corrected chi connectivity index (χ0v) is 20.1. The molecule has 0 bridgehead atoms. The van der Waals surface area contributed by atoms with Gasteiger partial charge in [0.25, 0.3) is 0 Å². The predicted octanol–water partition coefficient (Wildman–Crippen LogP) is 3.81. The van der Waals surface area contributed by atoms with E-state index in [0.717, 1.165) is 21.8 Å². The van der Waals surface area contributed by atoms with Gasteiger partial charge in [0.1, 0.15) is 5.82 Å². The molecule has 164 valence electrons. The van der Waals surface area contributed by atoms with E-state index in [0.29, 0.717) is 16.1 Å². The predicted molar refractivity (Wildman–Crippen MR) is 125 cm³/mol. The van der Waals surface area contributed by atoms with Crippen LogP contribution in [0, 0.1) is 27.7 Å². The number of hydrogen-bond acceptors (Lipinski definition) is 7. The van der Waals surface area contributed by atoms with E-state index in [9.17, 15) is 9.59 Å². The number of carbonyl (C=O) groups is 2. The summed E-state index contributed by atoms with van der Waals surface area (Å²) in [6.07, 6.45) is 0.0925. The number of rotatable bonds is 7. The van der Waals surface area contributed by atoms with Crippen LogP contribution in [0.3, 0.4) is 0 Å². The van der Waals surface area contributed by atoms with Gasteiger partial charge in [-0.2, -0.15) is 0 Å². The SMILES string of the molecule is Cc1ccc(NC(=O)Cc2nnc(S[C@H](C)C(=O)Nc3nc(C)c(C)s3)n2C)cc1C. The van der Waals surface area contributed by atoms with Crippen molar-refractivity contribution in [3.8, 4) is 0 Å². The van der Waals surface area contributed by atoms with E-state index in [1.165, 1.54) is 28.7 Å². The van der Waals surface area contributed by atoms with Gasteiger partial charge in [-0.15, -0.1) is 21.5 Å². The van der Waals surface area contributed by atoms with Gasteiger partial charge in [0.2, 0.25) is 11.8 Å². The van der Waals surface area contributed by atoms with Crippen LogP contribution in [0.5, 0.6) is 0 Å². The second-order valence-electron chi connectivity index (χ2n) is 7.39. The molecule has 1 atom stereocenters. The van der Waals surface area contributed by atoms with Crippen molar-refractivity contribution in [3.05, 3.63) is 45.7 Å². The highest BCUT2D eigenvalue weighted by Gasteiger charge is 2.21. The van der Waals surface area contributed by atoms with Crippen LogP contribution in [0.2, 0.25) is 0 Å². The number of amides is 2. The van der Waals surface area contributed by atoms with Crippen molar-refractivity contribution in [1.82, 2.24) is 19.7 Å². The normalized spacial score (nSPS) is 11.9. The number of aromatic nitrogens is 4. The lowest BCUT2D eigenvalue weighted by Crippen LogP contribution is -2.23. The van der Waals surface area contributed by atoms with Gasteiger partial charge in [-0.05, 0) is 57.9 Å². The fourth-order valence-electron chi connectivity index (χ4n) is 2.71. The second-order valence-corrected chi connectivity index (χ2v) is 9.90. The van der Waals surface area contributed by atoms with Crippen LogP contribution in [-0.4, -0.2) is 36.8 Å². The van der Waals surface area contributed by atoms with Crippen molar-refractivity contribution in [2.24, 2.45) is 7.05 Å². The maximum Gasteiger partial charge on any atom is 0.239 e. The summed E-state index contributed by atoms with van der Waals surface area (Å²) in [5.74, 6) is 0.203. The first-order valence-electron chi connectivity index (χ1n) is 9.81. The summed E-state index contributed by atoms with van der Waals surface area (Å²) >= 11 is 2.74. The van der Waals surface area contributed by atoms with Crippen LogP contribution in [0.1, 0.15) is 34.4 Å². The van der Waals surface area contributed by atoms with Crippen LogP contribution in [0.4, 0.5) is 10.8 Å². The molecule has 0 saturated carbocycles. The van der Waals surface area contributed by atoms with Crippen molar-refractivity contribution in [2.75, 3.05) is 10.6 Å². The molecule has 0 unspecified atom stereocenters. The number of nitrogens with one attached hydrogen (secondary N) is 2. The summed E-state index contributed by atoms with van der Waals surface area (Å²) < 4.78 is 1.74. The summed E-state index contributed by atoms with van der Waals surface area (Å²) in [5.41, 5.74) is 3.96. The smallest absolute Gasteiger partial charge is 0.239 e. The standard InChI is InChI=1S/C21H26N6O2S2/c1-11-7-8-16(9-12(11)2)23-18(28)10-17-25-26-21(27(17)6)31-15(5)19(29)24-20-22-13(3)14(4)30-20/h7-9,15H,10H2,1-6H3,(H,23,28)(H,22,24,29)/t15-/m1/s1. The Balaban J connectivity index is 1.59. The Bertz CT molecular complexity index is 1100. The van der Waals surface area contributed by atoms with Crippen LogP contribution in [0.15, 0.2) is 23.4 Å². The molecular formula is C21H26N6O2S2. The lowest BCUT2D eigenvalue weighted by molar-refractivity contribution is -0.116. The molecule has 2 amide bonds. The van der Waals surface area contributed by atoms with Crippen molar-refractivity contribution in [3.63, 3.8) is 0 Å². The minimum atomic E-state index is -0.398. The fourth-order valence-corrected chi connectivity index (χ4v) is 4.37. The van der Waals surface area contributed by atoms with Crippen LogP contribution in [-0.2, 0) is 23.1 Å². The number of benzene rings is 1. The number of carbonyl (C=O) groups excluding carboxylic acids is 2. The average Bonchev–Trinajstić information content (AvgIpc) is 3.20. The fraction of sp³-hybridized carbons (Fsp3) is 0.381. The van der Waals surface area contributed by atoms with Crippen molar-refractivity contribution < 1.29 is 9.59 Å². The molecule has 0 aliphatic heterocycles. The molecule has 0 radical (unpaired) electrons. The van der Waals surface area contributed by atoms with Gasteiger partial charge in [0.15, 0.2) is 10.3 Å². The largest absolute Gasteiger partial charge is 0.326 e. The van der Waals surface area contributed by atoms with Gasteiger partial charge >= 0.3 is 0 Å². The Hall–Kier alpha value is -2.72. The summed E-state index contributed by atoms with van der Waals surface area (Å²) in [7, 11) is 1.79. The molecule has 1 aromatic carbocycles. The monoisotopic (exact) mass is 458 g/mol. The molecule has 3 rings (SSSR count).